The van der Waals surface area contributed by atoms with Gasteiger partial charge in [0.2, 0.25) is 0 Å². The van der Waals surface area contributed by atoms with Crippen LogP contribution in [0.3, 0.4) is 0 Å². The van der Waals surface area contributed by atoms with Gasteiger partial charge in [0.1, 0.15) is 0 Å². The molecule has 2 saturated carbocycles. The third-order valence-electron chi connectivity index (χ3n) is 4.00. The highest BCUT2D eigenvalue weighted by molar-refractivity contribution is 9.11. The minimum absolute atomic E-state index is 0.182. The Kier molecular flexibility index (Phi) is 3.29. The molecule has 0 saturated heterocycles. The van der Waals surface area contributed by atoms with Crippen molar-refractivity contribution in [3.05, 3.63) is 19.8 Å². The molecule has 88 valence electrons. The van der Waals surface area contributed by atoms with Crippen molar-refractivity contribution < 1.29 is 0 Å². The molecule has 2 aliphatic rings. The Labute approximate surface area is 118 Å². The average Bonchev–Trinajstić information content (AvgIpc) is 2.91. The number of hydrogen-bond donors (Lipinski definition) is 0. The van der Waals surface area contributed by atoms with Crippen LogP contribution in [0.2, 0.25) is 5.02 Å². The number of thiophene rings is 1. The van der Waals surface area contributed by atoms with Gasteiger partial charge in [0.05, 0.1) is 14.2 Å². The maximum absolute atomic E-state index is 6.59. The molecule has 16 heavy (non-hydrogen) atoms. The Morgan fingerprint density at radius 3 is 2.44 bits per heavy atom. The van der Waals surface area contributed by atoms with Crippen LogP contribution in [0.1, 0.15) is 35.9 Å². The smallest absolute Gasteiger partial charge is 0.0887 e. The molecule has 3 atom stereocenters. The van der Waals surface area contributed by atoms with Gasteiger partial charge in [-0.2, -0.15) is 0 Å². The monoisotopic (exact) mass is 338 g/mol. The highest BCUT2D eigenvalue weighted by Gasteiger charge is 2.54. The first-order chi connectivity index (χ1) is 7.68. The van der Waals surface area contributed by atoms with Crippen molar-refractivity contribution in [1.82, 2.24) is 0 Å². The van der Waals surface area contributed by atoms with Gasteiger partial charge in [0.25, 0.3) is 0 Å². The molecule has 0 aromatic carbocycles. The molecule has 1 aromatic rings. The lowest BCUT2D eigenvalue weighted by atomic mass is 10.0. The summed E-state index contributed by atoms with van der Waals surface area (Å²) in [6.07, 6.45) is 5.57. The van der Waals surface area contributed by atoms with Crippen LogP contribution in [-0.4, -0.2) is 0 Å². The van der Waals surface area contributed by atoms with E-state index in [0.29, 0.717) is 5.92 Å². The molecule has 4 heteroatoms. The van der Waals surface area contributed by atoms with E-state index in [-0.39, 0.29) is 5.38 Å². The van der Waals surface area contributed by atoms with Crippen LogP contribution >= 0.6 is 50.5 Å². The standard InChI is InChI=1S/C12H13BrCl2S/c13-12-8(14)5-9(16-12)11(15)10-6-3-1-2-4-7(6)10/h5-7,10-11H,1-4H2. The van der Waals surface area contributed by atoms with E-state index < -0.39 is 0 Å². The molecule has 0 nitrogen and oxygen atoms in total. The van der Waals surface area contributed by atoms with Crippen LogP contribution in [0.25, 0.3) is 0 Å². The molecule has 0 N–H and O–H groups in total. The normalized spacial score (nSPS) is 34.6. The Morgan fingerprint density at radius 2 is 1.94 bits per heavy atom. The van der Waals surface area contributed by atoms with Crippen LogP contribution in [0, 0.1) is 17.8 Å². The van der Waals surface area contributed by atoms with Crippen molar-refractivity contribution in [3.63, 3.8) is 0 Å². The van der Waals surface area contributed by atoms with Crippen molar-refractivity contribution in [3.8, 4) is 0 Å². The fraction of sp³-hybridized carbons (Fsp3) is 0.667. The van der Waals surface area contributed by atoms with E-state index in [2.05, 4.69) is 15.9 Å². The van der Waals surface area contributed by atoms with E-state index in [9.17, 15) is 0 Å². The number of fused-ring (bicyclic) bond motifs is 1. The number of halogens is 3. The van der Waals surface area contributed by atoms with Crippen molar-refractivity contribution in [2.75, 3.05) is 0 Å². The van der Waals surface area contributed by atoms with Crippen molar-refractivity contribution in [1.29, 1.82) is 0 Å². The average molecular weight is 340 g/mol. The van der Waals surface area contributed by atoms with Crippen LogP contribution in [0.4, 0.5) is 0 Å². The van der Waals surface area contributed by atoms with E-state index in [1.807, 2.05) is 6.07 Å². The van der Waals surface area contributed by atoms with E-state index in [4.69, 9.17) is 23.2 Å². The number of rotatable bonds is 2. The Bertz CT molecular complexity index is 372. The molecule has 0 bridgehead atoms. The summed E-state index contributed by atoms with van der Waals surface area (Å²) in [5, 5.41) is 0.983. The van der Waals surface area contributed by atoms with Gasteiger partial charge in [0, 0.05) is 4.88 Å². The largest absolute Gasteiger partial charge is 0.130 e. The van der Waals surface area contributed by atoms with Crippen molar-refractivity contribution >= 4 is 50.5 Å². The first-order valence-electron chi connectivity index (χ1n) is 5.77. The molecule has 0 spiro atoms. The summed E-state index contributed by atoms with van der Waals surface area (Å²) in [4.78, 5) is 1.23. The van der Waals surface area contributed by atoms with Gasteiger partial charge in [0.15, 0.2) is 0 Å². The summed E-state index contributed by atoms with van der Waals surface area (Å²) in [5.41, 5.74) is 0. The van der Waals surface area contributed by atoms with Gasteiger partial charge >= 0.3 is 0 Å². The van der Waals surface area contributed by atoms with Crippen molar-refractivity contribution in [2.24, 2.45) is 17.8 Å². The van der Waals surface area contributed by atoms with Gasteiger partial charge in [-0.25, -0.2) is 0 Å². The topological polar surface area (TPSA) is 0 Å². The predicted molar refractivity (Wildman–Crippen MR) is 74.6 cm³/mol. The lowest BCUT2D eigenvalue weighted by molar-refractivity contribution is 0.480. The fourth-order valence-electron chi connectivity index (χ4n) is 3.17. The first kappa shape index (κ1) is 11.8. The molecule has 1 aromatic heterocycles. The minimum atomic E-state index is 0.182. The zero-order valence-corrected chi connectivity index (χ0v) is 12.7. The van der Waals surface area contributed by atoms with Gasteiger partial charge in [-0.15, -0.1) is 22.9 Å². The summed E-state index contributed by atoms with van der Waals surface area (Å²) in [5.74, 6) is 2.51. The molecule has 2 fully saturated rings. The van der Waals surface area contributed by atoms with E-state index in [1.165, 1.54) is 30.6 Å². The van der Waals surface area contributed by atoms with Crippen LogP contribution < -0.4 is 0 Å². The van der Waals surface area contributed by atoms with E-state index in [1.54, 1.807) is 11.3 Å². The summed E-state index contributed by atoms with van der Waals surface area (Å²) in [6.45, 7) is 0. The summed E-state index contributed by atoms with van der Waals surface area (Å²) < 4.78 is 1.01. The Balaban J connectivity index is 1.76. The summed E-state index contributed by atoms with van der Waals surface area (Å²) >= 11 is 17.8. The molecule has 0 radical (unpaired) electrons. The lowest BCUT2D eigenvalue weighted by Gasteiger charge is -2.05. The van der Waals surface area contributed by atoms with Crippen LogP contribution in [0.5, 0.6) is 0 Å². The lowest BCUT2D eigenvalue weighted by Crippen LogP contribution is -1.92. The Morgan fingerprint density at radius 1 is 1.31 bits per heavy atom. The second-order valence-electron chi connectivity index (χ2n) is 4.86. The minimum Gasteiger partial charge on any atom is -0.130 e. The Hall–Kier alpha value is 0.760. The summed E-state index contributed by atoms with van der Waals surface area (Å²) in [7, 11) is 0. The first-order valence-corrected chi connectivity index (χ1v) is 8.19. The maximum Gasteiger partial charge on any atom is 0.0887 e. The van der Waals surface area contributed by atoms with Crippen molar-refractivity contribution in [2.45, 2.75) is 31.1 Å². The molecule has 2 aliphatic carbocycles. The third kappa shape index (κ3) is 1.96. The maximum atomic E-state index is 6.59. The molecule has 0 amide bonds. The highest BCUT2D eigenvalue weighted by Crippen LogP contribution is 2.63. The number of alkyl halides is 1. The predicted octanol–water partition coefficient (Wildman–Crippen LogP) is 5.88. The van der Waals surface area contributed by atoms with Gasteiger partial charge in [-0.05, 0) is 52.6 Å². The molecule has 3 rings (SSSR count). The molecule has 1 heterocycles. The highest BCUT2D eigenvalue weighted by atomic mass is 79.9. The fourth-order valence-corrected chi connectivity index (χ4v) is 5.52. The molecular formula is C12H13BrCl2S. The zero-order chi connectivity index (χ0) is 11.3. The van der Waals surface area contributed by atoms with Gasteiger partial charge < -0.3 is 0 Å². The van der Waals surface area contributed by atoms with Gasteiger partial charge in [-0.3, -0.25) is 0 Å². The third-order valence-corrected chi connectivity index (χ3v) is 7.21. The summed E-state index contributed by atoms with van der Waals surface area (Å²) in [6, 6.07) is 2.03. The van der Waals surface area contributed by atoms with Crippen LogP contribution in [-0.2, 0) is 0 Å². The quantitative estimate of drug-likeness (QED) is 0.590. The van der Waals surface area contributed by atoms with E-state index in [0.717, 1.165) is 20.6 Å². The number of hydrogen-bond acceptors (Lipinski definition) is 1. The molecule has 3 unspecified atom stereocenters. The SMILES string of the molecule is Clc1cc(C(Cl)C2C3CCCCC32)sc1Br. The van der Waals surface area contributed by atoms with Gasteiger partial charge in [-0.1, -0.05) is 24.4 Å². The zero-order valence-electron chi connectivity index (χ0n) is 8.76. The molecule has 0 aliphatic heterocycles. The molecular weight excluding hydrogens is 327 g/mol. The van der Waals surface area contributed by atoms with Crippen LogP contribution in [0.15, 0.2) is 9.85 Å². The second kappa shape index (κ2) is 4.46. The van der Waals surface area contributed by atoms with E-state index >= 15 is 0 Å². The second-order valence-corrected chi connectivity index (χ2v) is 8.14.